The first-order valence-corrected chi connectivity index (χ1v) is 4.50. The van der Waals surface area contributed by atoms with Gasteiger partial charge in [0.2, 0.25) is 0 Å². The van der Waals surface area contributed by atoms with Gasteiger partial charge in [-0.3, -0.25) is 4.79 Å². The van der Waals surface area contributed by atoms with Crippen LogP contribution in [0.1, 0.15) is 22.8 Å². The number of alkyl halides is 3. The lowest BCUT2D eigenvalue weighted by molar-refractivity contribution is -0.137. The van der Waals surface area contributed by atoms with Crippen molar-refractivity contribution in [1.29, 1.82) is 0 Å². The number of nitrogens with two attached hydrogens (primary N) is 2. The zero-order valence-electron chi connectivity index (χ0n) is 8.51. The largest absolute Gasteiger partial charge is 0.416 e. The Morgan fingerprint density at radius 2 is 1.94 bits per heavy atom. The number of halogens is 3. The molecule has 0 bridgehead atoms. The number of hydrogen-bond donors (Lipinski definition) is 2. The van der Waals surface area contributed by atoms with Crippen LogP contribution < -0.4 is 11.5 Å². The molecule has 88 valence electrons. The second-order valence-corrected chi connectivity index (χ2v) is 3.45. The SMILES string of the molecule is C[C@H](N)C(=O)c1cc(C(F)(F)F)ccc1N. The maximum Gasteiger partial charge on any atom is 0.416 e. The van der Waals surface area contributed by atoms with Crippen molar-refractivity contribution in [3.63, 3.8) is 0 Å². The van der Waals surface area contributed by atoms with Gasteiger partial charge < -0.3 is 11.5 Å². The Kier molecular flexibility index (Phi) is 3.23. The van der Waals surface area contributed by atoms with Crippen molar-refractivity contribution in [1.82, 2.24) is 0 Å². The quantitative estimate of drug-likeness (QED) is 0.603. The lowest BCUT2D eigenvalue weighted by Gasteiger charge is -2.11. The van der Waals surface area contributed by atoms with Crippen LogP contribution in [0.4, 0.5) is 18.9 Å². The van der Waals surface area contributed by atoms with Crippen molar-refractivity contribution in [3.8, 4) is 0 Å². The van der Waals surface area contributed by atoms with Gasteiger partial charge in [0.1, 0.15) is 0 Å². The van der Waals surface area contributed by atoms with E-state index in [4.69, 9.17) is 11.5 Å². The van der Waals surface area contributed by atoms with Crippen molar-refractivity contribution in [2.24, 2.45) is 5.73 Å². The number of hydrogen-bond acceptors (Lipinski definition) is 3. The van der Waals surface area contributed by atoms with Crippen molar-refractivity contribution < 1.29 is 18.0 Å². The highest BCUT2D eigenvalue weighted by molar-refractivity contribution is 6.04. The van der Waals surface area contributed by atoms with Crippen molar-refractivity contribution in [2.45, 2.75) is 19.1 Å². The lowest BCUT2D eigenvalue weighted by atomic mass is 10.0. The molecule has 4 N–H and O–H groups in total. The fourth-order valence-electron chi connectivity index (χ4n) is 1.19. The molecule has 0 aliphatic heterocycles. The zero-order chi connectivity index (χ0) is 12.5. The van der Waals surface area contributed by atoms with Crippen molar-refractivity contribution in [3.05, 3.63) is 29.3 Å². The molecule has 0 spiro atoms. The first-order chi connectivity index (χ1) is 7.23. The number of benzene rings is 1. The normalized spacial score (nSPS) is 13.6. The number of Topliss-reactive ketones (excluding diaryl/α,β-unsaturated/α-hetero) is 1. The van der Waals surface area contributed by atoms with Crippen molar-refractivity contribution in [2.75, 3.05) is 5.73 Å². The van der Waals surface area contributed by atoms with E-state index in [1.807, 2.05) is 0 Å². The second kappa shape index (κ2) is 4.13. The molecule has 1 rings (SSSR count). The second-order valence-electron chi connectivity index (χ2n) is 3.45. The van der Waals surface area contributed by atoms with Gasteiger partial charge in [0.25, 0.3) is 0 Å². The van der Waals surface area contributed by atoms with E-state index in [0.717, 1.165) is 18.2 Å². The molecule has 1 aromatic carbocycles. The molecule has 0 aliphatic rings. The predicted molar refractivity (Wildman–Crippen MR) is 53.8 cm³/mol. The summed E-state index contributed by atoms with van der Waals surface area (Å²) in [6.07, 6.45) is -4.50. The fourth-order valence-corrected chi connectivity index (χ4v) is 1.19. The standard InChI is InChI=1S/C10H11F3N2O/c1-5(14)9(16)7-4-6(10(11,12)13)2-3-8(7)15/h2-5H,14-15H2,1H3/t5-/m0/s1. The molecular formula is C10H11F3N2O. The number of nitrogen functional groups attached to an aromatic ring is 1. The third-order valence-electron chi connectivity index (χ3n) is 2.06. The Bertz CT molecular complexity index is 413. The number of rotatable bonds is 2. The van der Waals surface area contributed by atoms with Crippen LogP contribution in [0, 0.1) is 0 Å². The average Bonchev–Trinajstić information content (AvgIpc) is 2.15. The summed E-state index contributed by atoms with van der Waals surface area (Å²) in [5, 5.41) is 0. The monoisotopic (exact) mass is 232 g/mol. The molecule has 0 fully saturated rings. The highest BCUT2D eigenvalue weighted by Crippen LogP contribution is 2.31. The van der Waals surface area contributed by atoms with E-state index in [-0.39, 0.29) is 11.3 Å². The summed E-state index contributed by atoms with van der Waals surface area (Å²) >= 11 is 0. The summed E-state index contributed by atoms with van der Waals surface area (Å²) < 4.78 is 37.1. The van der Waals surface area contributed by atoms with Crippen LogP contribution in [-0.4, -0.2) is 11.8 Å². The summed E-state index contributed by atoms with van der Waals surface area (Å²) in [6, 6.07) is 1.72. The first kappa shape index (κ1) is 12.5. The number of ketones is 1. The van der Waals surface area contributed by atoms with Gasteiger partial charge >= 0.3 is 6.18 Å². The molecule has 0 amide bonds. The minimum absolute atomic E-state index is 0.00435. The number of carbonyl (C=O) groups excluding carboxylic acids is 1. The summed E-state index contributed by atoms with van der Waals surface area (Å²) in [6.45, 7) is 1.39. The van der Waals surface area contributed by atoms with Crippen molar-refractivity contribution >= 4 is 11.5 Å². The maximum absolute atomic E-state index is 12.4. The molecule has 16 heavy (non-hydrogen) atoms. The molecule has 6 heteroatoms. The molecule has 0 unspecified atom stereocenters. The van der Waals surface area contributed by atoms with Gasteiger partial charge in [-0.1, -0.05) is 0 Å². The molecule has 0 radical (unpaired) electrons. The van der Waals surface area contributed by atoms with Crippen LogP contribution in [0.15, 0.2) is 18.2 Å². The highest BCUT2D eigenvalue weighted by Gasteiger charge is 2.31. The van der Waals surface area contributed by atoms with Gasteiger partial charge in [-0.05, 0) is 25.1 Å². The van der Waals surface area contributed by atoms with Crippen LogP contribution in [0.5, 0.6) is 0 Å². The van der Waals surface area contributed by atoms with E-state index in [1.54, 1.807) is 0 Å². The van der Waals surface area contributed by atoms with Gasteiger partial charge in [-0.2, -0.15) is 13.2 Å². The zero-order valence-corrected chi connectivity index (χ0v) is 8.51. The van der Waals surface area contributed by atoms with Gasteiger partial charge in [-0.15, -0.1) is 0 Å². The summed E-state index contributed by atoms with van der Waals surface area (Å²) in [7, 11) is 0. The lowest BCUT2D eigenvalue weighted by Crippen LogP contribution is -2.27. The topological polar surface area (TPSA) is 69.1 Å². The number of anilines is 1. The minimum atomic E-state index is -4.50. The fraction of sp³-hybridized carbons (Fsp3) is 0.300. The smallest absolute Gasteiger partial charge is 0.398 e. The molecule has 0 aliphatic carbocycles. The van der Waals surface area contributed by atoms with Gasteiger partial charge in [-0.25, -0.2) is 0 Å². The minimum Gasteiger partial charge on any atom is -0.398 e. The van der Waals surface area contributed by atoms with Gasteiger partial charge in [0.15, 0.2) is 5.78 Å². The third-order valence-corrected chi connectivity index (χ3v) is 2.06. The molecule has 0 saturated heterocycles. The molecule has 0 heterocycles. The highest BCUT2D eigenvalue weighted by atomic mass is 19.4. The Morgan fingerprint density at radius 3 is 2.38 bits per heavy atom. The predicted octanol–water partition coefficient (Wildman–Crippen LogP) is 1.82. The van der Waals surface area contributed by atoms with E-state index in [1.165, 1.54) is 6.92 Å². The van der Waals surface area contributed by atoms with E-state index in [9.17, 15) is 18.0 Å². The van der Waals surface area contributed by atoms with Gasteiger partial charge in [0, 0.05) is 11.3 Å². The Hall–Kier alpha value is -1.56. The van der Waals surface area contributed by atoms with Crippen LogP contribution in [0.25, 0.3) is 0 Å². The maximum atomic E-state index is 12.4. The summed E-state index contributed by atoms with van der Waals surface area (Å²) in [4.78, 5) is 11.5. The Morgan fingerprint density at radius 1 is 1.38 bits per heavy atom. The molecule has 1 aromatic rings. The average molecular weight is 232 g/mol. The molecule has 3 nitrogen and oxygen atoms in total. The van der Waals surface area contributed by atoms with E-state index < -0.39 is 23.6 Å². The van der Waals surface area contributed by atoms with Crippen LogP contribution in [0.2, 0.25) is 0 Å². The van der Waals surface area contributed by atoms with Crippen LogP contribution >= 0.6 is 0 Å². The molecule has 0 aromatic heterocycles. The Labute approximate surface area is 90.2 Å². The molecular weight excluding hydrogens is 221 g/mol. The van der Waals surface area contributed by atoms with Crippen LogP contribution in [-0.2, 0) is 6.18 Å². The summed E-state index contributed by atoms with van der Waals surface area (Å²) in [5.74, 6) is -0.608. The van der Waals surface area contributed by atoms with E-state index >= 15 is 0 Å². The third kappa shape index (κ3) is 2.52. The summed E-state index contributed by atoms with van der Waals surface area (Å²) in [5.41, 5.74) is 9.63. The molecule has 1 atom stereocenters. The van der Waals surface area contributed by atoms with E-state index in [2.05, 4.69) is 0 Å². The number of carbonyl (C=O) groups is 1. The molecule has 0 saturated carbocycles. The van der Waals surface area contributed by atoms with Crippen LogP contribution in [0.3, 0.4) is 0 Å². The first-order valence-electron chi connectivity index (χ1n) is 4.50. The Balaban J connectivity index is 3.25. The van der Waals surface area contributed by atoms with E-state index in [0.29, 0.717) is 0 Å². The van der Waals surface area contributed by atoms with Gasteiger partial charge in [0.05, 0.1) is 11.6 Å².